The van der Waals surface area contributed by atoms with E-state index in [1.807, 2.05) is 0 Å². The number of benzene rings is 2. The van der Waals surface area contributed by atoms with Gasteiger partial charge in [0.25, 0.3) is 5.91 Å². The van der Waals surface area contributed by atoms with E-state index < -0.39 is 11.7 Å². The van der Waals surface area contributed by atoms with E-state index in [9.17, 15) is 14.3 Å². The molecule has 0 atom stereocenters. The summed E-state index contributed by atoms with van der Waals surface area (Å²) in [6.07, 6.45) is 0.592. The number of phenols is 1. The molecule has 0 spiro atoms. The van der Waals surface area contributed by atoms with Crippen LogP contribution in [0.2, 0.25) is 0 Å². The maximum Gasteiger partial charge on any atom is 0.254 e. The lowest BCUT2D eigenvalue weighted by Crippen LogP contribution is -2.27. The summed E-state index contributed by atoms with van der Waals surface area (Å²) in [5, 5.41) is 11.8. The fourth-order valence-electron chi connectivity index (χ4n) is 2.04. The zero-order chi connectivity index (χ0) is 15.4. The number of hydrogen-bond acceptors (Lipinski definition) is 3. The molecule has 0 aromatic heterocycles. The summed E-state index contributed by atoms with van der Waals surface area (Å²) in [6, 6.07) is 9.52. The Morgan fingerprint density at radius 3 is 2.62 bits per heavy atom. The van der Waals surface area contributed by atoms with Crippen molar-refractivity contribution in [2.45, 2.75) is 13.3 Å². The standard InChI is InChI=1S/C16H17FN2O2/c1-10-8-12(18)9-14(15(10)17)16(21)19-7-6-11-2-4-13(20)5-3-11/h2-5,8-9,20H,6-7,18H2,1H3,(H,19,21). The Labute approximate surface area is 122 Å². The molecule has 0 fully saturated rings. The van der Waals surface area contributed by atoms with Crippen molar-refractivity contribution >= 4 is 11.6 Å². The van der Waals surface area contributed by atoms with Crippen LogP contribution in [0, 0.1) is 12.7 Å². The predicted molar refractivity (Wildman–Crippen MR) is 79.7 cm³/mol. The van der Waals surface area contributed by atoms with Crippen LogP contribution in [-0.4, -0.2) is 17.6 Å². The van der Waals surface area contributed by atoms with Crippen molar-refractivity contribution in [3.63, 3.8) is 0 Å². The van der Waals surface area contributed by atoms with Crippen molar-refractivity contribution in [2.75, 3.05) is 12.3 Å². The first-order valence-electron chi connectivity index (χ1n) is 6.59. The average Bonchev–Trinajstić information content (AvgIpc) is 2.44. The van der Waals surface area contributed by atoms with E-state index in [0.717, 1.165) is 5.56 Å². The molecule has 0 heterocycles. The maximum atomic E-state index is 13.9. The van der Waals surface area contributed by atoms with Gasteiger partial charge >= 0.3 is 0 Å². The molecule has 0 radical (unpaired) electrons. The van der Waals surface area contributed by atoms with Gasteiger partial charge in [0.05, 0.1) is 5.56 Å². The average molecular weight is 288 g/mol. The van der Waals surface area contributed by atoms with Crippen molar-refractivity contribution in [3.8, 4) is 5.75 Å². The van der Waals surface area contributed by atoms with Gasteiger partial charge in [-0.05, 0) is 48.7 Å². The highest BCUT2D eigenvalue weighted by molar-refractivity contribution is 5.95. The summed E-state index contributed by atoms with van der Waals surface area (Å²) in [5.41, 5.74) is 7.26. The van der Waals surface area contributed by atoms with Crippen molar-refractivity contribution < 1.29 is 14.3 Å². The molecule has 2 rings (SSSR count). The van der Waals surface area contributed by atoms with Gasteiger partial charge in [0.2, 0.25) is 0 Å². The van der Waals surface area contributed by atoms with Crippen LogP contribution in [0.5, 0.6) is 5.75 Å². The quantitative estimate of drug-likeness (QED) is 0.756. The van der Waals surface area contributed by atoms with Crippen molar-refractivity contribution in [2.24, 2.45) is 0 Å². The third-order valence-electron chi connectivity index (χ3n) is 3.16. The van der Waals surface area contributed by atoms with Crippen molar-refractivity contribution in [3.05, 3.63) is 58.9 Å². The number of halogens is 1. The van der Waals surface area contributed by atoms with E-state index in [0.29, 0.717) is 24.2 Å². The third kappa shape index (κ3) is 3.72. The Balaban J connectivity index is 1.97. The molecule has 1 amide bonds. The number of carbonyl (C=O) groups is 1. The van der Waals surface area contributed by atoms with E-state index in [-0.39, 0.29) is 11.3 Å². The number of amides is 1. The molecule has 4 nitrogen and oxygen atoms in total. The number of nitrogen functional groups attached to an aromatic ring is 1. The third-order valence-corrected chi connectivity index (χ3v) is 3.16. The molecule has 2 aromatic rings. The van der Waals surface area contributed by atoms with Crippen LogP contribution in [0.3, 0.4) is 0 Å². The molecule has 0 bridgehead atoms. The van der Waals surface area contributed by atoms with E-state index >= 15 is 0 Å². The Hall–Kier alpha value is -2.56. The Morgan fingerprint density at radius 1 is 1.29 bits per heavy atom. The Morgan fingerprint density at radius 2 is 1.95 bits per heavy atom. The van der Waals surface area contributed by atoms with Crippen LogP contribution in [-0.2, 0) is 6.42 Å². The van der Waals surface area contributed by atoms with Crippen LogP contribution in [0.1, 0.15) is 21.5 Å². The molecule has 21 heavy (non-hydrogen) atoms. The molecule has 0 saturated heterocycles. The molecule has 0 saturated carbocycles. The molecule has 0 aliphatic rings. The molecule has 0 unspecified atom stereocenters. The van der Waals surface area contributed by atoms with Gasteiger partial charge in [0.1, 0.15) is 11.6 Å². The predicted octanol–water partition coefficient (Wildman–Crippen LogP) is 2.39. The molecule has 5 heteroatoms. The second kappa shape index (κ2) is 6.26. The number of carbonyl (C=O) groups excluding carboxylic acids is 1. The van der Waals surface area contributed by atoms with Crippen LogP contribution < -0.4 is 11.1 Å². The number of nitrogens with two attached hydrogens (primary N) is 1. The van der Waals surface area contributed by atoms with E-state index in [4.69, 9.17) is 5.73 Å². The largest absolute Gasteiger partial charge is 0.508 e. The highest BCUT2D eigenvalue weighted by Crippen LogP contribution is 2.17. The minimum atomic E-state index is -0.550. The van der Waals surface area contributed by atoms with Crippen molar-refractivity contribution in [1.82, 2.24) is 5.32 Å². The van der Waals surface area contributed by atoms with Gasteiger partial charge in [-0.2, -0.15) is 0 Å². The molecular weight excluding hydrogens is 271 g/mol. The second-order valence-electron chi connectivity index (χ2n) is 4.87. The van der Waals surface area contributed by atoms with Gasteiger partial charge < -0.3 is 16.2 Å². The molecule has 2 aromatic carbocycles. The fraction of sp³-hybridized carbons (Fsp3) is 0.188. The van der Waals surface area contributed by atoms with Gasteiger partial charge in [-0.1, -0.05) is 12.1 Å². The topological polar surface area (TPSA) is 75.4 Å². The lowest BCUT2D eigenvalue weighted by molar-refractivity contribution is 0.0950. The first-order chi connectivity index (χ1) is 9.97. The number of rotatable bonds is 4. The van der Waals surface area contributed by atoms with Gasteiger partial charge in [-0.15, -0.1) is 0 Å². The van der Waals surface area contributed by atoms with Gasteiger partial charge in [-0.3, -0.25) is 4.79 Å². The lowest BCUT2D eigenvalue weighted by Gasteiger charge is -2.09. The lowest BCUT2D eigenvalue weighted by atomic mass is 10.1. The summed E-state index contributed by atoms with van der Waals surface area (Å²) in [5.74, 6) is -0.840. The molecule has 4 N–H and O–H groups in total. The van der Waals surface area contributed by atoms with E-state index in [1.54, 1.807) is 31.2 Å². The van der Waals surface area contributed by atoms with Crippen molar-refractivity contribution in [1.29, 1.82) is 0 Å². The number of hydrogen-bond donors (Lipinski definition) is 3. The summed E-state index contributed by atoms with van der Waals surface area (Å²) in [4.78, 5) is 12.0. The maximum absolute atomic E-state index is 13.9. The minimum absolute atomic E-state index is 0.0433. The van der Waals surface area contributed by atoms with Crippen LogP contribution >= 0.6 is 0 Å². The monoisotopic (exact) mass is 288 g/mol. The summed E-state index contributed by atoms with van der Waals surface area (Å²) >= 11 is 0. The fourth-order valence-corrected chi connectivity index (χ4v) is 2.04. The van der Waals surface area contributed by atoms with Gasteiger partial charge in [0.15, 0.2) is 0 Å². The number of aromatic hydroxyl groups is 1. The van der Waals surface area contributed by atoms with Crippen LogP contribution in [0.4, 0.5) is 10.1 Å². The van der Waals surface area contributed by atoms with Gasteiger partial charge in [0, 0.05) is 12.2 Å². The Bertz CT molecular complexity index is 654. The van der Waals surface area contributed by atoms with Crippen LogP contribution in [0.15, 0.2) is 36.4 Å². The van der Waals surface area contributed by atoms with E-state index in [1.165, 1.54) is 12.1 Å². The number of aryl methyl sites for hydroxylation is 1. The number of nitrogens with one attached hydrogen (secondary N) is 1. The number of phenolic OH excluding ortho intramolecular Hbond substituents is 1. The van der Waals surface area contributed by atoms with E-state index in [2.05, 4.69) is 5.32 Å². The molecular formula is C16H17FN2O2. The highest BCUT2D eigenvalue weighted by atomic mass is 19.1. The molecule has 110 valence electrons. The summed E-state index contributed by atoms with van der Waals surface area (Å²) in [7, 11) is 0. The highest BCUT2D eigenvalue weighted by Gasteiger charge is 2.14. The molecule has 0 aliphatic carbocycles. The second-order valence-corrected chi connectivity index (χ2v) is 4.87. The van der Waals surface area contributed by atoms with Gasteiger partial charge in [-0.25, -0.2) is 4.39 Å². The zero-order valence-corrected chi connectivity index (χ0v) is 11.7. The zero-order valence-electron chi connectivity index (χ0n) is 11.7. The summed E-state index contributed by atoms with van der Waals surface area (Å²) < 4.78 is 13.9. The first-order valence-corrected chi connectivity index (χ1v) is 6.59. The molecule has 0 aliphatic heterocycles. The minimum Gasteiger partial charge on any atom is -0.508 e. The van der Waals surface area contributed by atoms with Crippen LogP contribution in [0.25, 0.3) is 0 Å². The number of anilines is 1. The normalized spacial score (nSPS) is 10.4. The Kier molecular flexibility index (Phi) is 4.42. The summed E-state index contributed by atoms with van der Waals surface area (Å²) in [6.45, 7) is 1.94. The SMILES string of the molecule is Cc1cc(N)cc(C(=O)NCCc2ccc(O)cc2)c1F. The first kappa shape index (κ1) is 14.8. The smallest absolute Gasteiger partial charge is 0.254 e.